The second kappa shape index (κ2) is 9.03. The van der Waals surface area contributed by atoms with E-state index >= 15 is 8.78 Å². The Balaban J connectivity index is 1.19. The average Bonchev–Trinajstić information content (AvgIpc) is 3.50. The molecule has 7 aromatic rings. The molecule has 0 amide bonds. The highest BCUT2D eigenvalue weighted by atomic mass is 19.1. The minimum atomic E-state index is -1.27. The quantitative estimate of drug-likeness (QED) is 0.213. The van der Waals surface area contributed by atoms with Crippen LogP contribution in [0.2, 0.25) is 0 Å². The Hall–Kier alpha value is -4.96. The molecule has 2 atom stereocenters. The van der Waals surface area contributed by atoms with Crippen LogP contribution in [0.3, 0.4) is 0 Å². The Morgan fingerprint density at radius 3 is 1.90 bits per heavy atom. The van der Waals surface area contributed by atoms with Crippen LogP contribution in [-0.4, -0.2) is 15.3 Å². The number of halogens is 2. The van der Waals surface area contributed by atoms with Crippen molar-refractivity contribution in [2.45, 2.75) is 19.1 Å². The van der Waals surface area contributed by atoms with Gasteiger partial charge >= 0.3 is 0 Å². The topological polar surface area (TPSA) is 9.86 Å². The van der Waals surface area contributed by atoms with Gasteiger partial charge in [0.1, 0.15) is 12.0 Å². The number of fused-ring (bicyclic) bond motifs is 6. The maximum absolute atomic E-state index is 15.9. The maximum atomic E-state index is 15.9. The highest BCUT2D eigenvalue weighted by Gasteiger charge is 2.26. The summed E-state index contributed by atoms with van der Waals surface area (Å²) in [4.78, 5) is 0. The van der Waals surface area contributed by atoms with Gasteiger partial charge in [0.2, 0.25) is 0 Å². The van der Waals surface area contributed by atoms with E-state index < -0.39 is 12.2 Å². The monoisotopic (exact) mass is 536 g/mol. The van der Waals surface area contributed by atoms with Gasteiger partial charge < -0.3 is 9.13 Å². The van der Waals surface area contributed by atoms with Crippen LogP contribution in [0.15, 0.2) is 127 Å². The van der Waals surface area contributed by atoms with Gasteiger partial charge in [-0.15, -0.1) is 0 Å². The van der Waals surface area contributed by atoms with Crippen LogP contribution in [0.4, 0.5) is 8.78 Å². The Bertz CT molecular complexity index is 2160. The van der Waals surface area contributed by atoms with E-state index in [4.69, 9.17) is 0 Å². The average molecular weight is 537 g/mol. The largest absolute Gasteiger partial charge is 0.330 e. The second-order valence-corrected chi connectivity index (χ2v) is 10.9. The third kappa shape index (κ3) is 3.60. The first-order chi connectivity index (χ1) is 20.1. The number of aromatic nitrogens is 2. The van der Waals surface area contributed by atoms with E-state index in [1.165, 1.54) is 6.07 Å². The Labute approximate surface area is 236 Å². The van der Waals surface area contributed by atoms with Gasteiger partial charge in [0.15, 0.2) is 0 Å². The molecule has 0 saturated heterocycles. The first kappa shape index (κ1) is 23.9. The molecule has 0 bridgehead atoms. The summed E-state index contributed by atoms with van der Waals surface area (Å²) in [6.45, 7) is 2.04. The smallest absolute Gasteiger partial charge is 0.147 e. The molecule has 0 spiro atoms. The lowest BCUT2D eigenvalue weighted by atomic mass is 9.95. The number of allylic oxidation sites excluding steroid dienone is 4. The summed E-state index contributed by atoms with van der Waals surface area (Å²) in [5.74, 6) is -0.346. The van der Waals surface area contributed by atoms with E-state index in [1.807, 2.05) is 84.3 Å². The summed E-state index contributed by atoms with van der Waals surface area (Å²) in [7, 11) is 0. The fraction of sp³-hybridized carbons (Fsp3) is 0.0811. The Morgan fingerprint density at radius 2 is 1.24 bits per heavy atom. The fourth-order valence-corrected chi connectivity index (χ4v) is 6.54. The number of nitrogens with zero attached hydrogens (tertiary/aromatic N) is 2. The van der Waals surface area contributed by atoms with Crippen molar-refractivity contribution in [1.29, 1.82) is 0 Å². The van der Waals surface area contributed by atoms with Crippen molar-refractivity contribution < 1.29 is 8.78 Å². The van der Waals surface area contributed by atoms with Crippen LogP contribution in [-0.2, 0) is 0 Å². The maximum Gasteiger partial charge on any atom is 0.147 e. The molecule has 0 N–H and O–H groups in total. The number of hydrogen-bond acceptors (Lipinski definition) is 0. The number of hydrogen-bond donors (Lipinski definition) is 0. The lowest BCUT2D eigenvalue weighted by molar-refractivity contribution is 0.326. The summed E-state index contributed by atoms with van der Waals surface area (Å²) in [6.07, 6.45) is 4.17. The van der Waals surface area contributed by atoms with Gasteiger partial charge in [-0.2, -0.15) is 0 Å². The Morgan fingerprint density at radius 1 is 0.634 bits per heavy atom. The van der Waals surface area contributed by atoms with E-state index in [2.05, 4.69) is 41.0 Å². The molecule has 8 rings (SSSR count). The predicted molar refractivity (Wildman–Crippen MR) is 166 cm³/mol. The minimum Gasteiger partial charge on any atom is -0.330 e. The van der Waals surface area contributed by atoms with Crippen LogP contribution < -0.4 is 0 Å². The number of rotatable bonds is 3. The molecule has 2 unspecified atom stereocenters. The molecule has 1 aliphatic rings. The standard InChI is InChI=1S/C37H26F2N2/c1-23-14-17-29-28-10-4-7-13-34(28)41(37(29)20-23)36-19-16-25(22-31(36)39)24-15-18-35(30(38)21-24)40-32-11-5-2-8-26(32)27-9-3-6-12-33(27)40/h2-22,30,35H,1H3. The number of para-hydroxylation sites is 3. The molecule has 2 heterocycles. The SMILES string of the molecule is Cc1ccc2c3ccccc3n(-c3ccc(C4=CC(F)C(n5c6ccccc6c6ccccc65)C=C4)cc3F)c2c1. The van der Waals surface area contributed by atoms with Crippen molar-refractivity contribution >= 4 is 49.2 Å². The van der Waals surface area contributed by atoms with Crippen molar-refractivity contribution in [1.82, 2.24) is 9.13 Å². The van der Waals surface area contributed by atoms with Crippen LogP contribution >= 0.6 is 0 Å². The van der Waals surface area contributed by atoms with Crippen molar-refractivity contribution in [3.8, 4) is 5.69 Å². The summed E-state index contributed by atoms with van der Waals surface area (Å²) >= 11 is 0. The first-order valence-electron chi connectivity index (χ1n) is 13.9. The van der Waals surface area contributed by atoms with Gasteiger partial charge in [0.05, 0.1) is 22.8 Å². The molecule has 5 aromatic carbocycles. The molecule has 2 aromatic heterocycles. The van der Waals surface area contributed by atoms with Crippen molar-refractivity contribution in [3.63, 3.8) is 0 Å². The molecule has 0 saturated carbocycles. The van der Waals surface area contributed by atoms with Gasteiger partial charge in [0, 0.05) is 32.6 Å². The molecule has 2 nitrogen and oxygen atoms in total. The predicted octanol–water partition coefficient (Wildman–Crippen LogP) is 9.87. The molecular formula is C37H26F2N2. The van der Waals surface area contributed by atoms with E-state index in [0.29, 0.717) is 16.8 Å². The highest BCUT2D eigenvalue weighted by Crippen LogP contribution is 2.38. The van der Waals surface area contributed by atoms with Crippen molar-refractivity contribution in [2.24, 2.45) is 0 Å². The number of aryl methyl sites for hydroxylation is 1. The van der Waals surface area contributed by atoms with E-state index in [-0.39, 0.29) is 5.82 Å². The molecule has 198 valence electrons. The third-order valence-corrected chi connectivity index (χ3v) is 8.40. The van der Waals surface area contributed by atoms with Crippen LogP contribution in [0, 0.1) is 12.7 Å². The lowest BCUT2D eigenvalue weighted by Gasteiger charge is -2.24. The lowest BCUT2D eigenvalue weighted by Crippen LogP contribution is -2.19. The molecule has 0 aliphatic heterocycles. The van der Waals surface area contributed by atoms with Crippen LogP contribution in [0.25, 0.3) is 54.9 Å². The molecule has 0 radical (unpaired) electrons. The van der Waals surface area contributed by atoms with Crippen molar-refractivity contribution in [2.75, 3.05) is 0 Å². The van der Waals surface area contributed by atoms with Gasteiger partial charge in [-0.05, 0) is 66.1 Å². The van der Waals surface area contributed by atoms with Crippen LogP contribution in [0.1, 0.15) is 17.2 Å². The van der Waals surface area contributed by atoms with Gasteiger partial charge in [-0.1, -0.05) is 84.9 Å². The second-order valence-electron chi connectivity index (χ2n) is 10.9. The zero-order chi connectivity index (χ0) is 27.7. The molecule has 1 aliphatic carbocycles. The molecule has 0 fully saturated rings. The normalized spacial score (nSPS) is 17.2. The highest BCUT2D eigenvalue weighted by molar-refractivity contribution is 6.10. The van der Waals surface area contributed by atoms with Crippen molar-refractivity contribution in [3.05, 3.63) is 144 Å². The molecule has 41 heavy (non-hydrogen) atoms. The van der Waals surface area contributed by atoms with E-state index in [0.717, 1.165) is 49.2 Å². The summed E-state index contributed by atoms with van der Waals surface area (Å²) in [5, 5.41) is 4.39. The summed E-state index contributed by atoms with van der Waals surface area (Å²) in [5.41, 5.74) is 6.84. The van der Waals surface area contributed by atoms with Gasteiger partial charge in [-0.3, -0.25) is 0 Å². The third-order valence-electron chi connectivity index (χ3n) is 8.40. The van der Waals surface area contributed by atoms with E-state index in [9.17, 15) is 0 Å². The fourth-order valence-electron chi connectivity index (χ4n) is 6.54. The van der Waals surface area contributed by atoms with Gasteiger partial charge in [-0.25, -0.2) is 8.78 Å². The number of benzene rings is 5. The first-order valence-corrected chi connectivity index (χ1v) is 13.9. The summed E-state index contributed by atoms with van der Waals surface area (Å²) in [6, 6.07) is 35.3. The van der Waals surface area contributed by atoms with Gasteiger partial charge in [0.25, 0.3) is 0 Å². The zero-order valence-electron chi connectivity index (χ0n) is 22.4. The molecular weight excluding hydrogens is 510 g/mol. The zero-order valence-corrected chi connectivity index (χ0v) is 22.4. The molecule has 4 heteroatoms. The minimum absolute atomic E-state index is 0.346. The van der Waals surface area contributed by atoms with Crippen LogP contribution in [0.5, 0.6) is 0 Å². The number of alkyl halides is 1. The van der Waals surface area contributed by atoms with E-state index in [1.54, 1.807) is 12.1 Å². The summed E-state index contributed by atoms with van der Waals surface area (Å²) < 4.78 is 35.9. The Kier molecular flexibility index (Phi) is 5.26.